The molecule has 0 bridgehead atoms. The summed E-state index contributed by atoms with van der Waals surface area (Å²) in [5, 5.41) is 22.5. The minimum Gasteiger partial charge on any atom is -0.377 e. The minimum atomic E-state index is -0.451. The molecule has 0 fully saturated rings. The van der Waals surface area contributed by atoms with Crippen molar-refractivity contribution in [1.29, 1.82) is 5.26 Å². The first-order valence-corrected chi connectivity index (χ1v) is 8.07. The number of rotatable bonds is 4. The van der Waals surface area contributed by atoms with E-state index in [1.165, 1.54) is 12.1 Å². The number of allylic oxidation sites excluding steroid dienone is 1. The molecule has 0 aliphatic rings. The van der Waals surface area contributed by atoms with Gasteiger partial charge in [0.05, 0.1) is 16.6 Å². The second-order valence-corrected chi connectivity index (χ2v) is 6.09. The maximum Gasteiger partial charge on any atom is 0.269 e. The first-order valence-electron chi connectivity index (χ1n) is 8.07. The van der Waals surface area contributed by atoms with Gasteiger partial charge >= 0.3 is 0 Å². The van der Waals surface area contributed by atoms with Crippen molar-refractivity contribution >= 4 is 33.8 Å². The third kappa shape index (κ3) is 3.26. The Morgan fingerprint density at radius 2 is 1.69 bits per heavy atom. The number of nitrogens with zero attached hydrogens (tertiary/aromatic N) is 3. The average Bonchev–Trinajstić information content (AvgIpc) is 2.65. The highest BCUT2D eigenvalue weighted by Gasteiger charge is 2.09. The highest BCUT2D eigenvalue weighted by Crippen LogP contribution is 2.31. The summed E-state index contributed by atoms with van der Waals surface area (Å²) < 4.78 is 0. The summed E-state index contributed by atoms with van der Waals surface area (Å²) in [7, 11) is 3.99. The van der Waals surface area contributed by atoms with Gasteiger partial charge in [0, 0.05) is 37.3 Å². The molecule has 128 valence electrons. The lowest BCUT2D eigenvalue weighted by molar-refractivity contribution is -0.384. The van der Waals surface area contributed by atoms with Crippen LogP contribution in [0.15, 0.2) is 60.7 Å². The summed E-state index contributed by atoms with van der Waals surface area (Å²) in [4.78, 5) is 12.4. The van der Waals surface area contributed by atoms with Gasteiger partial charge in [0.2, 0.25) is 0 Å². The Bertz CT molecular complexity index is 1050. The van der Waals surface area contributed by atoms with Crippen LogP contribution in [0.2, 0.25) is 0 Å². The highest BCUT2D eigenvalue weighted by atomic mass is 16.6. The predicted molar refractivity (Wildman–Crippen MR) is 105 cm³/mol. The summed E-state index contributed by atoms with van der Waals surface area (Å²) in [5.74, 6) is 0. The quantitative estimate of drug-likeness (QED) is 0.293. The Morgan fingerprint density at radius 3 is 2.27 bits per heavy atom. The summed E-state index contributed by atoms with van der Waals surface area (Å²) in [6.45, 7) is 0. The first kappa shape index (κ1) is 17.2. The van der Waals surface area contributed by atoms with Gasteiger partial charge in [-0.15, -0.1) is 0 Å². The minimum absolute atomic E-state index is 0.00632. The Kier molecular flexibility index (Phi) is 4.68. The average molecular weight is 343 g/mol. The molecule has 0 unspecified atom stereocenters. The van der Waals surface area contributed by atoms with Crippen LogP contribution in [-0.4, -0.2) is 19.0 Å². The molecule has 0 saturated carbocycles. The summed E-state index contributed by atoms with van der Waals surface area (Å²) >= 11 is 0. The van der Waals surface area contributed by atoms with Gasteiger partial charge in [-0.05, 0) is 40.8 Å². The van der Waals surface area contributed by atoms with Gasteiger partial charge in [-0.2, -0.15) is 5.26 Å². The van der Waals surface area contributed by atoms with Gasteiger partial charge in [-0.1, -0.05) is 30.3 Å². The number of nitro benzene ring substituents is 1. The number of anilines is 1. The zero-order valence-electron chi connectivity index (χ0n) is 14.5. The third-order valence-electron chi connectivity index (χ3n) is 4.23. The molecular weight excluding hydrogens is 326 g/mol. The van der Waals surface area contributed by atoms with Gasteiger partial charge in [0.25, 0.3) is 5.69 Å². The predicted octanol–water partition coefficient (Wildman–Crippen LogP) is 4.88. The molecule has 0 aliphatic carbocycles. The first-order chi connectivity index (χ1) is 12.5. The second kappa shape index (κ2) is 7.08. The fraction of sp³-hybridized carbons (Fsp3) is 0.0952. The van der Waals surface area contributed by atoms with Crippen LogP contribution in [0.4, 0.5) is 11.4 Å². The number of nitro groups is 1. The van der Waals surface area contributed by atoms with E-state index in [-0.39, 0.29) is 5.69 Å². The number of non-ortho nitro benzene ring substituents is 1. The van der Waals surface area contributed by atoms with Gasteiger partial charge in [-0.25, -0.2) is 0 Å². The van der Waals surface area contributed by atoms with Gasteiger partial charge in [0.15, 0.2) is 0 Å². The standard InChI is InChI=1S/C21H17N3O2/c1-23(2)21-12-9-16(19-5-3-4-6-20(19)21)13-17(14-22)15-7-10-18(11-8-15)24(25)26/h3-13H,1-2H3/b17-13+. The van der Waals surface area contributed by atoms with Crippen LogP contribution in [0.5, 0.6) is 0 Å². The monoisotopic (exact) mass is 343 g/mol. The second-order valence-electron chi connectivity index (χ2n) is 6.09. The van der Waals surface area contributed by atoms with Crippen LogP contribution < -0.4 is 4.90 Å². The smallest absolute Gasteiger partial charge is 0.269 e. The largest absolute Gasteiger partial charge is 0.377 e. The lowest BCUT2D eigenvalue weighted by atomic mass is 9.98. The lowest BCUT2D eigenvalue weighted by Gasteiger charge is -2.16. The molecule has 0 aliphatic heterocycles. The molecule has 0 radical (unpaired) electrons. The maximum atomic E-state index is 10.8. The lowest BCUT2D eigenvalue weighted by Crippen LogP contribution is -2.09. The number of nitriles is 1. The molecule has 0 aromatic heterocycles. The Hall–Kier alpha value is -3.65. The van der Waals surface area contributed by atoms with Crippen molar-refractivity contribution in [3.05, 3.63) is 81.9 Å². The van der Waals surface area contributed by atoms with Crippen molar-refractivity contribution in [2.45, 2.75) is 0 Å². The van der Waals surface area contributed by atoms with Crippen LogP contribution in [0, 0.1) is 21.4 Å². The van der Waals surface area contributed by atoms with E-state index in [1.54, 1.807) is 12.1 Å². The molecular formula is C21H17N3O2. The molecule has 26 heavy (non-hydrogen) atoms. The number of hydrogen-bond acceptors (Lipinski definition) is 4. The Morgan fingerprint density at radius 1 is 1.04 bits per heavy atom. The van der Waals surface area contributed by atoms with Crippen molar-refractivity contribution in [3.8, 4) is 6.07 Å². The van der Waals surface area contributed by atoms with Crippen LogP contribution in [0.3, 0.4) is 0 Å². The Balaban J connectivity index is 2.12. The van der Waals surface area contributed by atoms with Gasteiger partial charge in [0.1, 0.15) is 0 Å². The highest BCUT2D eigenvalue weighted by molar-refractivity contribution is 6.03. The van der Waals surface area contributed by atoms with Crippen LogP contribution in [0.25, 0.3) is 22.4 Å². The van der Waals surface area contributed by atoms with E-state index in [4.69, 9.17) is 0 Å². The van der Waals surface area contributed by atoms with E-state index >= 15 is 0 Å². The third-order valence-corrected chi connectivity index (χ3v) is 4.23. The maximum absolute atomic E-state index is 10.8. The van der Waals surface area contributed by atoms with E-state index in [2.05, 4.69) is 17.0 Å². The molecule has 5 nitrogen and oxygen atoms in total. The molecule has 0 spiro atoms. The fourth-order valence-electron chi connectivity index (χ4n) is 2.92. The van der Waals surface area contributed by atoms with Gasteiger partial charge < -0.3 is 4.90 Å². The zero-order chi connectivity index (χ0) is 18.7. The molecule has 0 heterocycles. The fourth-order valence-corrected chi connectivity index (χ4v) is 2.92. The van der Waals surface area contributed by atoms with Crippen molar-refractivity contribution in [1.82, 2.24) is 0 Å². The molecule has 0 atom stereocenters. The topological polar surface area (TPSA) is 70.2 Å². The van der Waals surface area contributed by atoms with Crippen LogP contribution in [-0.2, 0) is 0 Å². The normalized spacial score (nSPS) is 11.2. The van der Waals surface area contributed by atoms with Crippen LogP contribution in [0.1, 0.15) is 11.1 Å². The molecule has 3 aromatic rings. The van der Waals surface area contributed by atoms with Crippen LogP contribution >= 0.6 is 0 Å². The van der Waals surface area contributed by atoms with Crippen molar-refractivity contribution in [2.75, 3.05) is 19.0 Å². The molecule has 5 heteroatoms. The van der Waals surface area contributed by atoms with Crippen molar-refractivity contribution in [2.24, 2.45) is 0 Å². The summed E-state index contributed by atoms with van der Waals surface area (Å²) in [6.07, 6.45) is 1.82. The van der Waals surface area contributed by atoms with Crippen molar-refractivity contribution < 1.29 is 4.92 Å². The summed E-state index contributed by atoms with van der Waals surface area (Å²) in [5.41, 5.74) is 3.15. The molecule has 0 amide bonds. The molecule has 3 rings (SSSR count). The SMILES string of the molecule is CN(C)c1ccc(/C=C(\C#N)c2ccc([N+](=O)[O-])cc2)c2ccccc12. The number of hydrogen-bond donors (Lipinski definition) is 0. The molecule has 0 saturated heterocycles. The van der Waals surface area contributed by atoms with E-state index in [0.717, 1.165) is 22.0 Å². The zero-order valence-corrected chi connectivity index (χ0v) is 14.5. The van der Waals surface area contributed by atoms with Crippen molar-refractivity contribution in [3.63, 3.8) is 0 Å². The van der Waals surface area contributed by atoms with E-state index in [0.29, 0.717) is 11.1 Å². The molecule has 3 aromatic carbocycles. The summed E-state index contributed by atoms with van der Waals surface area (Å²) in [6, 6.07) is 20.3. The Labute approximate surface area is 151 Å². The molecule has 0 N–H and O–H groups in total. The van der Waals surface area contributed by atoms with E-state index < -0.39 is 4.92 Å². The number of benzene rings is 3. The van der Waals surface area contributed by atoms with Gasteiger partial charge in [-0.3, -0.25) is 10.1 Å². The van der Waals surface area contributed by atoms with E-state index in [9.17, 15) is 15.4 Å². The van der Waals surface area contributed by atoms with E-state index in [1.807, 2.05) is 50.5 Å². The number of fused-ring (bicyclic) bond motifs is 1.